The standard InChI is InChI=1S/C20H23N3O2.ClH/c1-13(15-8-5-9-18(10-15)23-14(2)24)22-20(25)19-11-16-6-3-4-7-17(16)12-21-19;/h3-10,13,19,21H,11-12H2,1-2H3,(H,22,25)(H,23,24);1H. The number of rotatable bonds is 4. The second-order valence-electron chi connectivity index (χ2n) is 6.44. The Balaban J connectivity index is 0.00000243. The third-order valence-corrected chi connectivity index (χ3v) is 4.46. The fourth-order valence-electron chi connectivity index (χ4n) is 3.13. The number of amides is 2. The maximum Gasteiger partial charge on any atom is 0.237 e. The Labute approximate surface area is 160 Å². The van der Waals surface area contributed by atoms with Crippen LogP contribution in [0.4, 0.5) is 5.69 Å². The van der Waals surface area contributed by atoms with Crippen LogP contribution >= 0.6 is 12.4 Å². The first-order valence-corrected chi connectivity index (χ1v) is 8.51. The Bertz CT molecular complexity index is 794. The molecule has 0 radical (unpaired) electrons. The first-order valence-electron chi connectivity index (χ1n) is 8.51. The van der Waals surface area contributed by atoms with E-state index in [0.717, 1.165) is 11.3 Å². The molecule has 0 saturated carbocycles. The minimum absolute atomic E-state index is 0. The first kappa shape index (κ1) is 19.9. The Morgan fingerprint density at radius 2 is 1.85 bits per heavy atom. The highest BCUT2D eigenvalue weighted by Crippen LogP contribution is 2.19. The van der Waals surface area contributed by atoms with Gasteiger partial charge in [-0.1, -0.05) is 36.4 Å². The molecule has 2 aromatic carbocycles. The van der Waals surface area contributed by atoms with Crippen molar-refractivity contribution in [3.8, 4) is 0 Å². The topological polar surface area (TPSA) is 70.2 Å². The molecule has 0 spiro atoms. The molecule has 2 aromatic rings. The Morgan fingerprint density at radius 1 is 1.12 bits per heavy atom. The predicted octanol–water partition coefficient (Wildman–Crippen LogP) is 2.96. The lowest BCUT2D eigenvalue weighted by atomic mass is 9.95. The summed E-state index contributed by atoms with van der Waals surface area (Å²) in [5.41, 5.74) is 4.16. The smallest absolute Gasteiger partial charge is 0.237 e. The Morgan fingerprint density at radius 3 is 2.58 bits per heavy atom. The molecule has 0 fully saturated rings. The molecule has 0 bridgehead atoms. The molecule has 1 aliphatic heterocycles. The van der Waals surface area contributed by atoms with Crippen LogP contribution in [-0.4, -0.2) is 17.9 Å². The van der Waals surface area contributed by atoms with Crippen molar-refractivity contribution in [1.29, 1.82) is 0 Å². The highest BCUT2D eigenvalue weighted by Gasteiger charge is 2.25. The SMILES string of the molecule is CC(=O)Nc1cccc(C(C)NC(=O)C2Cc3ccccc3CN2)c1.Cl. The lowest BCUT2D eigenvalue weighted by molar-refractivity contribution is -0.124. The monoisotopic (exact) mass is 373 g/mol. The van der Waals surface area contributed by atoms with Gasteiger partial charge in [-0.15, -0.1) is 12.4 Å². The van der Waals surface area contributed by atoms with Crippen LogP contribution in [0.25, 0.3) is 0 Å². The minimum Gasteiger partial charge on any atom is -0.348 e. The maximum absolute atomic E-state index is 12.6. The summed E-state index contributed by atoms with van der Waals surface area (Å²) < 4.78 is 0. The molecule has 0 aliphatic carbocycles. The largest absolute Gasteiger partial charge is 0.348 e. The van der Waals surface area contributed by atoms with Crippen LogP contribution in [0.15, 0.2) is 48.5 Å². The molecule has 6 heteroatoms. The fourth-order valence-corrected chi connectivity index (χ4v) is 3.13. The molecule has 138 valence electrons. The quantitative estimate of drug-likeness (QED) is 0.771. The summed E-state index contributed by atoms with van der Waals surface area (Å²) in [5, 5.41) is 9.13. The summed E-state index contributed by atoms with van der Waals surface area (Å²) in [4.78, 5) is 23.8. The molecule has 3 N–H and O–H groups in total. The van der Waals surface area contributed by atoms with Gasteiger partial charge in [0, 0.05) is 19.2 Å². The van der Waals surface area contributed by atoms with Crippen LogP contribution in [0.3, 0.4) is 0 Å². The predicted molar refractivity (Wildman–Crippen MR) is 105 cm³/mol. The van der Waals surface area contributed by atoms with E-state index in [9.17, 15) is 9.59 Å². The van der Waals surface area contributed by atoms with Crippen molar-refractivity contribution >= 4 is 29.9 Å². The average Bonchev–Trinajstić information content (AvgIpc) is 2.61. The van der Waals surface area contributed by atoms with Gasteiger partial charge in [-0.05, 0) is 42.2 Å². The van der Waals surface area contributed by atoms with Crippen molar-refractivity contribution in [2.75, 3.05) is 5.32 Å². The molecular weight excluding hydrogens is 350 g/mol. The number of halogens is 1. The van der Waals surface area contributed by atoms with Gasteiger partial charge in [0.05, 0.1) is 12.1 Å². The Kier molecular flexibility index (Phi) is 6.77. The summed E-state index contributed by atoms with van der Waals surface area (Å²) in [5.74, 6) is -0.120. The summed E-state index contributed by atoms with van der Waals surface area (Å²) >= 11 is 0. The molecule has 2 amide bonds. The number of carbonyl (C=O) groups excluding carboxylic acids is 2. The number of fused-ring (bicyclic) bond motifs is 1. The van der Waals surface area contributed by atoms with Gasteiger partial charge in [0.25, 0.3) is 0 Å². The van der Waals surface area contributed by atoms with Crippen molar-refractivity contribution in [2.24, 2.45) is 0 Å². The van der Waals surface area contributed by atoms with Gasteiger partial charge in [0.1, 0.15) is 0 Å². The zero-order valence-corrected chi connectivity index (χ0v) is 15.7. The van der Waals surface area contributed by atoms with E-state index >= 15 is 0 Å². The molecule has 0 saturated heterocycles. The molecule has 2 unspecified atom stereocenters. The maximum atomic E-state index is 12.6. The van der Waals surface area contributed by atoms with Crippen molar-refractivity contribution in [3.63, 3.8) is 0 Å². The summed E-state index contributed by atoms with van der Waals surface area (Å²) in [6, 6.07) is 15.4. The molecule has 5 nitrogen and oxygen atoms in total. The average molecular weight is 374 g/mol. The van der Waals surface area contributed by atoms with Gasteiger partial charge in [0.2, 0.25) is 11.8 Å². The van der Waals surface area contributed by atoms with E-state index in [4.69, 9.17) is 0 Å². The van der Waals surface area contributed by atoms with Crippen molar-refractivity contribution in [1.82, 2.24) is 10.6 Å². The van der Waals surface area contributed by atoms with Crippen molar-refractivity contribution in [3.05, 3.63) is 65.2 Å². The molecular formula is C20H24ClN3O2. The van der Waals surface area contributed by atoms with Gasteiger partial charge in [-0.2, -0.15) is 0 Å². The van der Waals surface area contributed by atoms with Crippen molar-refractivity contribution in [2.45, 2.75) is 38.9 Å². The van der Waals surface area contributed by atoms with E-state index in [2.05, 4.69) is 28.1 Å². The molecule has 26 heavy (non-hydrogen) atoms. The van der Waals surface area contributed by atoms with Crippen LogP contribution < -0.4 is 16.0 Å². The fraction of sp³-hybridized carbons (Fsp3) is 0.300. The molecule has 2 atom stereocenters. The third-order valence-electron chi connectivity index (χ3n) is 4.46. The van der Waals surface area contributed by atoms with E-state index in [0.29, 0.717) is 13.0 Å². The van der Waals surface area contributed by atoms with Gasteiger partial charge in [0.15, 0.2) is 0 Å². The summed E-state index contributed by atoms with van der Waals surface area (Å²) in [6.45, 7) is 4.13. The highest BCUT2D eigenvalue weighted by atomic mass is 35.5. The number of hydrogen-bond acceptors (Lipinski definition) is 3. The summed E-state index contributed by atoms with van der Waals surface area (Å²) in [7, 11) is 0. The number of carbonyl (C=O) groups is 2. The van der Waals surface area contributed by atoms with E-state index in [1.165, 1.54) is 18.1 Å². The number of anilines is 1. The van der Waals surface area contributed by atoms with E-state index in [1.54, 1.807) is 0 Å². The second-order valence-corrected chi connectivity index (χ2v) is 6.44. The second kappa shape index (κ2) is 8.83. The first-order chi connectivity index (χ1) is 12.0. The van der Waals surface area contributed by atoms with Gasteiger partial charge < -0.3 is 16.0 Å². The summed E-state index contributed by atoms with van der Waals surface area (Å²) in [6.07, 6.45) is 0.695. The minimum atomic E-state index is -0.226. The lowest BCUT2D eigenvalue weighted by Gasteiger charge is -2.27. The van der Waals surface area contributed by atoms with Crippen LogP contribution in [0.5, 0.6) is 0 Å². The number of hydrogen-bond donors (Lipinski definition) is 3. The van der Waals surface area contributed by atoms with Crippen LogP contribution in [-0.2, 0) is 22.6 Å². The normalized spacial score (nSPS) is 16.6. The van der Waals surface area contributed by atoms with E-state index in [1.807, 2.05) is 43.3 Å². The zero-order valence-electron chi connectivity index (χ0n) is 14.9. The third kappa shape index (κ3) is 4.84. The highest BCUT2D eigenvalue weighted by molar-refractivity contribution is 5.88. The van der Waals surface area contributed by atoms with E-state index < -0.39 is 0 Å². The molecule has 1 aliphatic rings. The molecule has 0 aromatic heterocycles. The zero-order chi connectivity index (χ0) is 17.8. The van der Waals surface area contributed by atoms with E-state index in [-0.39, 0.29) is 36.3 Å². The number of benzene rings is 2. The Hall–Kier alpha value is -2.37. The van der Waals surface area contributed by atoms with Crippen LogP contribution in [0.2, 0.25) is 0 Å². The van der Waals surface area contributed by atoms with Gasteiger partial charge in [-0.25, -0.2) is 0 Å². The molecule has 3 rings (SSSR count). The van der Waals surface area contributed by atoms with Crippen molar-refractivity contribution < 1.29 is 9.59 Å². The lowest BCUT2D eigenvalue weighted by Crippen LogP contribution is -2.48. The van der Waals surface area contributed by atoms with Crippen LogP contribution in [0.1, 0.15) is 36.6 Å². The number of nitrogens with one attached hydrogen (secondary N) is 3. The van der Waals surface area contributed by atoms with Crippen LogP contribution in [0, 0.1) is 0 Å². The van der Waals surface area contributed by atoms with Gasteiger partial charge >= 0.3 is 0 Å². The molecule has 1 heterocycles. The van der Waals surface area contributed by atoms with Gasteiger partial charge in [-0.3, -0.25) is 9.59 Å².